The fraction of sp³-hybridized carbons (Fsp3) is 0.133. The number of carbonyl (C=O) groups excluding carboxylic acids is 3. The Bertz CT molecular complexity index is 725. The van der Waals surface area contributed by atoms with Gasteiger partial charge in [-0.2, -0.15) is 0 Å². The molecule has 120 valence electrons. The van der Waals surface area contributed by atoms with E-state index in [0.717, 1.165) is 12.1 Å². The number of hydrazine groups is 1. The number of hydrogen-bond donors (Lipinski definition) is 3. The number of carbonyl (C=O) groups is 3. The third kappa shape index (κ3) is 4.40. The van der Waals surface area contributed by atoms with Crippen molar-refractivity contribution in [1.82, 2.24) is 16.2 Å². The fourth-order valence-corrected chi connectivity index (χ4v) is 1.72. The summed E-state index contributed by atoms with van der Waals surface area (Å²) in [6.07, 6.45) is 1.37. The average molecular weight is 319 g/mol. The predicted molar refractivity (Wildman–Crippen MR) is 77.8 cm³/mol. The summed E-state index contributed by atoms with van der Waals surface area (Å²) in [6, 6.07) is 6.30. The summed E-state index contributed by atoms with van der Waals surface area (Å²) in [5.74, 6) is -1.71. The second kappa shape index (κ2) is 7.21. The molecule has 3 amide bonds. The number of rotatable bonds is 4. The van der Waals surface area contributed by atoms with Gasteiger partial charge in [-0.15, -0.1) is 0 Å². The van der Waals surface area contributed by atoms with Crippen molar-refractivity contribution in [2.75, 3.05) is 6.54 Å². The number of aryl methyl sites for hydroxylation is 1. The Balaban J connectivity index is 1.77. The standard InChI is InChI=1S/C15H14FN3O4/c1-9-12(6-7-23-9)15(22)17-8-13(20)18-19-14(21)10-2-4-11(16)5-3-10/h2-7H,8H2,1H3,(H,17,22)(H,18,20)(H,19,21). The smallest absolute Gasteiger partial charge is 0.269 e. The Hall–Kier alpha value is -3.16. The fourth-order valence-electron chi connectivity index (χ4n) is 1.72. The zero-order valence-electron chi connectivity index (χ0n) is 12.2. The molecule has 0 aliphatic rings. The molecule has 0 unspecified atom stereocenters. The van der Waals surface area contributed by atoms with Crippen LogP contribution in [-0.2, 0) is 4.79 Å². The second-order valence-electron chi connectivity index (χ2n) is 4.58. The van der Waals surface area contributed by atoms with Crippen LogP contribution in [0.3, 0.4) is 0 Å². The Kier molecular flexibility index (Phi) is 5.08. The summed E-state index contributed by atoms with van der Waals surface area (Å²) >= 11 is 0. The highest BCUT2D eigenvalue weighted by Gasteiger charge is 2.13. The van der Waals surface area contributed by atoms with E-state index in [2.05, 4.69) is 16.2 Å². The van der Waals surface area contributed by atoms with Crippen LogP contribution in [0.15, 0.2) is 41.0 Å². The predicted octanol–water partition coefficient (Wildman–Crippen LogP) is 0.918. The summed E-state index contributed by atoms with van der Waals surface area (Å²) in [7, 11) is 0. The minimum atomic E-state index is -0.616. The molecule has 0 saturated carbocycles. The van der Waals surface area contributed by atoms with Crippen LogP contribution in [-0.4, -0.2) is 24.3 Å². The highest BCUT2D eigenvalue weighted by Crippen LogP contribution is 2.07. The largest absolute Gasteiger partial charge is 0.469 e. The van der Waals surface area contributed by atoms with Gasteiger partial charge in [-0.3, -0.25) is 25.2 Å². The molecule has 1 aromatic heterocycles. The van der Waals surface area contributed by atoms with E-state index < -0.39 is 23.5 Å². The molecule has 2 aromatic rings. The lowest BCUT2D eigenvalue weighted by molar-refractivity contribution is -0.120. The zero-order valence-corrected chi connectivity index (χ0v) is 12.2. The third-order valence-electron chi connectivity index (χ3n) is 2.93. The minimum Gasteiger partial charge on any atom is -0.469 e. The Morgan fingerprint density at radius 1 is 1.04 bits per heavy atom. The van der Waals surface area contributed by atoms with Crippen LogP contribution in [0.5, 0.6) is 0 Å². The van der Waals surface area contributed by atoms with E-state index in [1.54, 1.807) is 6.92 Å². The maximum Gasteiger partial charge on any atom is 0.269 e. The topological polar surface area (TPSA) is 100 Å². The van der Waals surface area contributed by atoms with Gasteiger partial charge in [-0.1, -0.05) is 0 Å². The molecular formula is C15H14FN3O4. The van der Waals surface area contributed by atoms with E-state index in [9.17, 15) is 18.8 Å². The normalized spacial score (nSPS) is 10.0. The van der Waals surface area contributed by atoms with Gasteiger partial charge < -0.3 is 9.73 Å². The highest BCUT2D eigenvalue weighted by molar-refractivity contribution is 5.98. The number of hydrogen-bond acceptors (Lipinski definition) is 4. The van der Waals surface area contributed by atoms with E-state index in [0.29, 0.717) is 11.3 Å². The van der Waals surface area contributed by atoms with Gasteiger partial charge in [0.1, 0.15) is 11.6 Å². The molecule has 0 aliphatic heterocycles. The molecule has 0 radical (unpaired) electrons. The van der Waals surface area contributed by atoms with E-state index in [1.807, 2.05) is 0 Å². The summed E-state index contributed by atoms with van der Waals surface area (Å²) in [5.41, 5.74) is 4.81. The first-order valence-corrected chi connectivity index (χ1v) is 6.64. The maximum atomic E-state index is 12.7. The summed E-state index contributed by atoms with van der Waals surface area (Å²) < 4.78 is 17.7. The first-order valence-electron chi connectivity index (χ1n) is 6.64. The van der Waals surface area contributed by atoms with Crippen LogP contribution < -0.4 is 16.2 Å². The number of nitrogens with one attached hydrogen (secondary N) is 3. The first kappa shape index (κ1) is 16.2. The van der Waals surface area contributed by atoms with Crippen LogP contribution in [0.4, 0.5) is 4.39 Å². The first-order chi connectivity index (χ1) is 11.0. The van der Waals surface area contributed by atoms with Crippen LogP contribution in [0.2, 0.25) is 0 Å². The molecular weight excluding hydrogens is 305 g/mol. The van der Waals surface area contributed by atoms with Crippen LogP contribution in [0.1, 0.15) is 26.5 Å². The van der Waals surface area contributed by atoms with Gasteiger partial charge in [0, 0.05) is 5.56 Å². The molecule has 0 atom stereocenters. The Labute approximate surface area is 130 Å². The van der Waals surface area contributed by atoms with E-state index in [1.165, 1.54) is 24.5 Å². The van der Waals surface area contributed by atoms with Gasteiger partial charge in [0.05, 0.1) is 18.4 Å². The van der Waals surface area contributed by atoms with Gasteiger partial charge in [-0.25, -0.2) is 4.39 Å². The molecule has 0 spiro atoms. The van der Waals surface area contributed by atoms with Crippen LogP contribution in [0, 0.1) is 12.7 Å². The number of halogens is 1. The SMILES string of the molecule is Cc1occc1C(=O)NCC(=O)NNC(=O)c1ccc(F)cc1. The van der Waals surface area contributed by atoms with Gasteiger partial charge in [0.2, 0.25) is 0 Å². The van der Waals surface area contributed by atoms with Crippen LogP contribution >= 0.6 is 0 Å². The van der Waals surface area contributed by atoms with Crippen molar-refractivity contribution in [3.63, 3.8) is 0 Å². The molecule has 0 fully saturated rings. The van der Waals surface area contributed by atoms with Gasteiger partial charge in [-0.05, 0) is 37.3 Å². The summed E-state index contributed by atoms with van der Waals surface area (Å²) in [6.45, 7) is 1.30. The lowest BCUT2D eigenvalue weighted by atomic mass is 10.2. The molecule has 1 aromatic carbocycles. The zero-order chi connectivity index (χ0) is 16.8. The minimum absolute atomic E-state index is 0.185. The van der Waals surface area contributed by atoms with Crippen molar-refractivity contribution in [1.29, 1.82) is 0 Å². The summed E-state index contributed by atoms with van der Waals surface area (Å²) in [5, 5.41) is 2.38. The Morgan fingerprint density at radius 2 is 1.74 bits per heavy atom. The Morgan fingerprint density at radius 3 is 2.35 bits per heavy atom. The van der Waals surface area contributed by atoms with Crippen LogP contribution in [0.25, 0.3) is 0 Å². The number of amides is 3. The van der Waals surface area contributed by atoms with Crippen molar-refractivity contribution in [3.05, 3.63) is 59.3 Å². The van der Waals surface area contributed by atoms with Crippen molar-refractivity contribution < 1.29 is 23.2 Å². The average Bonchev–Trinajstić information content (AvgIpc) is 2.97. The summed E-state index contributed by atoms with van der Waals surface area (Å²) in [4.78, 5) is 35.0. The molecule has 2 rings (SSSR count). The van der Waals surface area contributed by atoms with Gasteiger partial charge >= 0.3 is 0 Å². The molecule has 0 aliphatic carbocycles. The van der Waals surface area contributed by atoms with Crippen molar-refractivity contribution in [2.45, 2.75) is 6.92 Å². The second-order valence-corrected chi connectivity index (χ2v) is 4.58. The molecule has 3 N–H and O–H groups in total. The quantitative estimate of drug-likeness (QED) is 0.729. The number of benzene rings is 1. The third-order valence-corrected chi connectivity index (χ3v) is 2.93. The van der Waals surface area contributed by atoms with E-state index in [4.69, 9.17) is 4.42 Å². The lowest BCUT2D eigenvalue weighted by Crippen LogP contribution is -2.46. The van der Waals surface area contributed by atoms with Gasteiger partial charge in [0.25, 0.3) is 17.7 Å². The van der Waals surface area contributed by atoms with Crippen molar-refractivity contribution in [3.8, 4) is 0 Å². The maximum absolute atomic E-state index is 12.7. The van der Waals surface area contributed by atoms with Crippen molar-refractivity contribution in [2.24, 2.45) is 0 Å². The molecule has 0 bridgehead atoms. The lowest BCUT2D eigenvalue weighted by Gasteiger charge is -2.08. The molecule has 8 heteroatoms. The highest BCUT2D eigenvalue weighted by atomic mass is 19.1. The van der Waals surface area contributed by atoms with Crippen molar-refractivity contribution >= 4 is 17.7 Å². The molecule has 7 nitrogen and oxygen atoms in total. The van der Waals surface area contributed by atoms with Gasteiger partial charge in [0.15, 0.2) is 0 Å². The molecule has 1 heterocycles. The number of furan rings is 1. The van der Waals surface area contributed by atoms with E-state index in [-0.39, 0.29) is 12.1 Å². The molecule has 0 saturated heterocycles. The molecule has 23 heavy (non-hydrogen) atoms. The monoisotopic (exact) mass is 319 g/mol. The van der Waals surface area contributed by atoms with E-state index >= 15 is 0 Å².